The summed E-state index contributed by atoms with van der Waals surface area (Å²) in [5.74, 6) is -6.89. The monoisotopic (exact) mass is 741 g/mol. The summed E-state index contributed by atoms with van der Waals surface area (Å²) in [6, 6.07) is 12.0. The molecule has 3 rings (SSSR count). The van der Waals surface area contributed by atoms with Crippen molar-refractivity contribution in [2.24, 2.45) is 22.7 Å². The number of ether oxygens (including phenoxy) is 4. The minimum absolute atomic E-state index is 0.0592. The van der Waals surface area contributed by atoms with Gasteiger partial charge in [-0.15, -0.1) is 0 Å². The molecule has 2 unspecified atom stereocenters. The number of carbonyl (C=O) groups excluding carboxylic acids is 4. The van der Waals surface area contributed by atoms with Gasteiger partial charge >= 0.3 is 24.1 Å². The van der Waals surface area contributed by atoms with E-state index >= 15 is 0 Å². The average Bonchev–Trinajstić information content (AvgIpc) is 3.03. The van der Waals surface area contributed by atoms with Gasteiger partial charge in [0.1, 0.15) is 22.7 Å². The molecule has 53 heavy (non-hydrogen) atoms. The first-order valence-electron chi connectivity index (χ1n) is 17.3. The minimum Gasteiger partial charge on any atom is -0.494 e. The Kier molecular flexibility index (Phi) is 13.5. The van der Waals surface area contributed by atoms with Crippen LogP contribution in [0.5, 0.6) is 11.5 Å². The molecule has 0 aliphatic heterocycles. The highest BCUT2D eigenvalue weighted by Crippen LogP contribution is 2.65. The number of ketones is 1. The van der Waals surface area contributed by atoms with Crippen LogP contribution in [0.15, 0.2) is 48.5 Å². The van der Waals surface area contributed by atoms with Crippen molar-refractivity contribution in [1.29, 1.82) is 0 Å². The molecule has 15 heteroatoms. The summed E-state index contributed by atoms with van der Waals surface area (Å²) >= 11 is 0. The number of carboxylic acids is 2. The van der Waals surface area contributed by atoms with Gasteiger partial charge in [-0.05, 0) is 117 Å². The molecule has 1 fully saturated rings. The van der Waals surface area contributed by atoms with Gasteiger partial charge in [0.05, 0.1) is 35.9 Å². The van der Waals surface area contributed by atoms with Gasteiger partial charge in [0.25, 0.3) is 0 Å². The van der Waals surface area contributed by atoms with Crippen molar-refractivity contribution in [2.45, 2.75) is 79.4 Å². The number of hydrogen-bond acceptors (Lipinski definition) is 10. The first-order valence-corrected chi connectivity index (χ1v) is 17.3. The van der Waals surface area contributed by atoms with Crippen molar-refractivity contribution in [2.75, 3.05) is 31.6 Å². The van der Waals surface area contributed by atoms with Gasteiger partial charge in [0.2, 0.25) is 5.91 Å². The number of carboxylic acid groups (broad SMARTS) is 2. The highest BCUT2D eigenvalue weighted by Gasteiger charge is 2.78. The molecule has 2 atom stereocenters. The maximum atomic E-state index is 13.8. The summed E-state index contributed by atoms with van der Waals surface area (Å²) in [7, 11) is 0. The van der Waals surface area contributed by atoms with Crippen LogP contribution >= 0.6 is 0 Å². The van der Waals surface area contributed by atoms with E-state index in [0.717, 1.165) is 0 Å². The minimum atomic E-state index is -2.05. The summed E-state index contributed by atoms with van der Waals surface area (Å²) in [6.07, 6.45) is -0.112. The lowest BCUT2D eigenvalue weighted by Crippen LogP contribution is -2.73. The third kappa shape index (κ3) is 10.8. The van der Waals surface area contributed by atoms with E-state index in [1.165, 1.54) is 50.2 Å². The summed E-state index contributed by atoms with van der Waals surface area (Å²) in [5.41, 5.74) is -5.01. The summed E-state index contributed by atoms with van der Waals surface area (Å²) < 4.78 is 21.7. The second kappa shape index (κ2) is 17.0. The Morgan fingerprint density at radius 2 is 1.04 bits per heavy atom. The van der Waals surface area contributed by atoms with Gasteiger partial charge in [0.15, 0.2) is 5.78 Å². The van der Waals surface area contributed by atoms with Crippen LogP contribution in [0.2, 0.25) is 0 Å². The molecule has 0 radical (unpaired) electrons. The largest absolute Gasteiger partial charge is 0.494 e. The van der Waals surface area contributed by atoms with Crippen molar-refractivity contribution < 1.29 is 57.9 Å². The molecule has 1 saturated carbocycles. The number of carbonyl (C=O) groups is 6. The number of amides is 3. The van der Waals surface area contributed by atoms with Crippen LogP contribution in [-0.4, -0.2) is 83.5 Å². The molecule has 0 saturated heterocycles. The van der Waals surface area contributed by atoms with Crippen molar-refractivity contribution in [3.63, 3.8) is 0 Å². The molecule has 15 nitrogen and oxygen atoms in total. The highest BCUT2D eigenvalue weighted by molar-refractivity contribution is 6.11. The van der Waals surface area contributed by atoms with Gasteiger partial charge in [-0.3, -0.25) is 19.2 Å². The van der Waals surface area contributed by atoms with E-state index in [4.69, 9.17) is 18.9 Å². The Balaban J connectivity index is 1.61. The van der Waals surface area contributed by atoms with E-state index in [1.807, 2.05) is 0 Å². The van der Waals surface area contributed by atoms with Crippen LogP contribution in [0.1, 0.15) is 78.6 Å². The Hall–Kier alpha value is -5.34. The molecule has 2 aromatic carbocycles. The van der Waals surface area contributed by atoms with E-state index in [-0.39, 0.29) is 24.5 Å². The SMILES string of the molecule is CC(C)(C)OC(=O)NCCCOc1ccc(NC(=O)C2C(C)(C(=O)O)C(C(=O)c3ccc(OCCCNC(=O)OC(C)(C)C)cc3)C2(C)C(=O)O)cc1. The maximum Gasteiger partial charge on any atom is 0.407 e. The molecule has 0 aromatic heterocycles. The second-order valence-corrected chi connectivity index (χ2v) is 15.2. The smallest absolute Gasteiger partial charge is 0.407 e. The number of aliphatic carboxylic acids is 2. The number of rotatable bonds is 16. The Labute approximate surface area is 309 Å². The fraction of sp³-hybridized carbons (Fsp3) is 0.526. The van der Waals surface area contributed by atoms with Crippen LogP contribution < -0.4 is 25.4 Å². The zero-order valence-corrected chi connectivity index (χ0v) is 31.5. The maximum absolute atomic E-state index is 13.8. The number of nitrogens with one attached hydrogen (secondary N) is 3. The normalized spacial score (nSPS) is 20.9. The third-order valence-electron chi connectivity index (χ3n) is 8.62. The molecule has 2 aromatic rings. The summed E-state index contributed by atoms with van der Waals surface area (Å²) in [6.45, 7) is 14.1. The molecule has 5 N–H and O–H groups in total. The van der Waals surface area contributed by atoms with Gasteiger partial charge in [-0.25, -0.2) is 9.59 Å². The van der Waals surface area contributed by atoms with Gasteiger partial charge in [-0.1, -0.05) is 0 Å². The van der Waals surface area contributed by atoms with E-state index in [2.05, 4.69) is 16.0 Å². The van der Waals surface area contributed by atoms with Crippen LogP contribution in [0.4, 0.5) is 15.3 Å². The third-order valence-corrected chi connectivity index (χ3v) is 8.62. The fourth-order valence-electron chi connectivity index (χ4n) is 6.33. The van der Waals surface area contributed by atoms with Crippen LogP contribution in [-0.2, 0) is 23.9 Å². The van der Waals surface area contributed by atoms with E-state index in [1.54, 1.807) is 53.7 Å². The quantitative estimate of drug-likeness (QED) is 0.106. The van der Waals surface area contributed by atoms with Gasteiger partial charge in [-0.2, -0.15) is 0 Å². The molecule has 3 amide bonds. The van der Waals surface area contributed by atoms with Gasteiger partial charge < -0.3 is 45.1 Å². The lowest BCUT2D eigenvalue weighted by atomic mass is 9.38. The topological polar surface area (TPSA) is 216 Å². The van der Waals surface area contributed by atoms with Crippen LogP contribution in [0.25, 0.3) is 0 Å². The fourth-order valence-corrected chi connectivity index (χ4v) is 6.33. The van der Waals surface area contributed by atoms with E-state index in [9.17, 15) is 39.0 Å². The first-order chi connectivity index (χ1) is 24.6. The van der Waals surface area contributed by atoms with E-state index < -0.39 is 69.7 Å². The zero-order chi connectivity index (χ0) is 39.8. The number of Topliss-reactive ketones (excluding diaryl/α,β-unsaturated/α-hetero) is 1. The first kappa shape index (κ1) is 42.1. The molecular formula is C38H51N3O12. The Morgan fingerprint density at radius 3 is 1.42 bits per heavy atom. The Morgan fingerprint density at radius 1 is 0.642 bits per heavy atom. The highest BCUT2D eigenvalue weighted by atomic mass is 16.6. The van der Waals surface area contributed by atoms with Gasteiger partial charge in [0, 0.05) is 24.3 Å². The number of hydrogen-bond donors (Lipinski definition) is 5. The molecule has 290 valence electrons. The average molecular weight is 742 g/mol. The van der Waals surface area contributed by atoms with Crippen LogP contribution in [0.3, 0.4) is 0 Å². The number of alkyl carbamates (subject to hydrolysis) is 2. The molecule has 1 aliphatic carbocycles. The molecule has 0 bridgehead atoms. The predicted molar refractivity (Wildman–Crippen MR) is 193 cm³/mol. The molecule has 0 spiro atoms. The molecular weight excluding hydrogens is 690 g/mol. The predicted octanol–water partition coefficient (Wildman–Crippen LogP) is 5.52. The summed E-state index contributed by atoms with van der Waals surface area (Å²) in [5, 5.41) is 28.6. The second-order valence-electron chi connectivity index (χ2n) is 15.2. The van der Waals surface area contributed by atoms with Crippen molar-refractivity contribution in [3.05, 3.63) is 54.1 Å². The van der Waals surface area contributed by atoms with E-state index in [0.29, 0.717) is 37.4 Å². The van der Waals surface area contributed by atoms with Crippen molar-refractivity contribution in [3.8, 4) is 11.5 Å². The molecule has 1 aliphatic rings. The van der Waals surface area contributed by atoms with Crippen LogP contribution in [0, 0.1) is 22.7 Å². The lowest BCUT2D eigenvalue weighted by Gasteiger charge is -2.59. The Bertz CT molecular complexity index is 1620. The van der Waals surface area contributed by atoms with Crippen molar-refractivity contribution in [1.82, 2.24) is 10.6 Å². The molecule has 0 heterocycles. The van der Waals surface area contributed by atoms with Crippen molar-refractivity contribution >= 4 is 41.5 Å². The number of anilines is 1. The summed E-state index contributed by atoms with van der Waals surface area (Å²) in [4.78, 5) is 76.4. The lowest BCUT2D eigenvalue weighted by molar-refractivity contribution is -0.208. The zero-order valence-electron chi connectivity index (χ0n) is 31.5. The number of benzene rings is 2. The standard InChI is InChI=1S/C38H51N3O12/c1-35(2,3)52-33(48)39-19-9-21-50-25-15-11-23(12-16-25)27(42)28-37(7,31(44)45)29(38(28,8)32(46)47)30(43)41-24-13-17-26(18-14-24)51-22-10-20-40-34(49)53-36(4,5)6/h11-18,28-29H,9-10,19-22H2,1-8H3,(H,39,48)(H,40,49)(H,41,43)(H,44,45)(H,46,47).